The lowest BCUT2D eigenvalue weighted by atomic mass is 9.41. The van der Waals surface area contributed by atoms with Crippen molar-refractivity contribution in [2.24, 2.45) is 28.6 Å². The first-order valence-electron chi connectivity index (χ1n) is 14.5. The van der Waals surface area contributed by atoms with Gasteiger partial charge in [0.15, 0.2) is 0 Å². The fourth-order valence-corrected chi connectivity index (χ4v) is 10.3. The van der Waals surface area contributed by atoms with Gasteiger partial charge in [0.1, 0.15) is 12.7 Å². The molecular weight excluding hydrogens is 492 g/mol. The Labute approximate surface area is 223 Å². The van der Waals surface area contributed by atoms with Crippen molar-refractivity contribution in [2.45, 2.75) is 126 Å². The van der Waals surface area contributed by atoms with Crippen LogP contribution in [0.25, 0.3) is 0 Å². The fraction of sp³-hybridized carbons (Fsp3) is 0.897. The third-order valence-electron chi connectivity index (χ3n) is 12.5. The first-order valence-corrected chi connectivity index (χ1v) is 14.5. The Bertz CT molecular complexity index is 1060. The van der Waals surface area contributed by atoms with E-state index in [0.29, 0.717) is 32.3 Å². The van der Waals surface area contributed by atoms with Gasteiger partial charge in [0, 0.05) is 29.7 Å². The molecule has 7 aliphatic rings. The number of esters is 1. The number of carbonyl (C=O) groups is 1. The van der Waals surface area contributed by atoms with Crippen LogP contribution < -0.4 is 0 Å². The average Bonchev–Trinajstić information content (AvgIpc) is 3.38. The Morgan fingerprint density at radius 2 is 1.68 bits per heavy atom. The SMILES string of the molecule is C[C@@H]1C[C@H](O)[C@]2(O)O[C@@H]3C[C@]4(C)[C@H]5CC[C@]6(C)[C@@H](C7=CC(=O)OC7)CC[C@]6(O)[C@@H]5CC[C@@]4(O)C[C@H]3O[C@@H]2O1. The van der Waals surface area contributed by atoms with Crippen LogP contribution in [0, 0.1) is 28.6 Å². The second-order valence-electron chi connectivity index (χ2n) is 14.0. The molecule has 13 atom stereocenters. The van der Waals surface area contributed by atoms with E-state index in [4.69, 9.17) is 18.9 Å². The van der Waals surface area contributed by atoms with Gasteiger partial charge >= 0.3 is 5.97 Å². The fourth-order valence-electron chi connectivity index (χ4n) is 10.3. The monoisotopic (exact) mass is 534 g/mol. The molecule has 4 aliphatic carbocycles. The van der Waals surface area contributed by atoms with Crippen LogP contribution in [0.1, 0.15) is 78.6 Å². The van der Waals surface area contributed by atoms with E-state index in [1.807, 2.05) is 6.92 Å². The first-order chi connectivity index (χ1) is 17.8. The molecule has 0 aromatic carbocycles. The number of rotatable bonds is 1. The summed E-state index contributed by atoms with van der Waals surface area (Å²) in [6, 6.07) is 0. The largest absolute Gasteiger partial charge is 0.458 e. The average molecular weight is 535 g/mol. The van der Waals surface area contributed by atoms with E-state index in [1.54, 1.807) is 6.08 Å². The zero-order valence-electron chi connectivity index (χ0n) is 22.6. The maximum Gasteiger partial charge on any atom is 0.331 e. The number of ether oxygens (including phenoxy) is 4. The van der Waals surface area contributed by atoms with Crippen LogP contribution in [0.15, 0.2) is 11.6 Å². The Kier molecular flexibility index (Phi) is 5.46. The van der Waals surface area contributed by atoms with E-state index < -0.39 is 47.0 Å². The molecule has 3 heterocycles. The van der Waals surface area contributed by atoms with Gasteiger partial charge < -0.3 is 39.4 Å². The van der Waals surface area contributed by atoms with Crippen LogP contribution in [0.2, 0.25) is 0 Å². The van der Waals surface area contributed by atoms with Crippen LogP contribution in [-0.4, -0.2) is 80.7 Å². The van der Waals surface area contributed by atoms with E-state index in [0.717, 1.165) is 31.3 Å². The maximum absolute atomic E-state index is 12.5. The summed E-state index contributed by atoms with van der Waals surface area (Å²) in [7, 11) is 0. The summed E-state index contributed by atoms with van der Waals surface area (Å²) in [6.45, 7) is 6.46. The summed E-state index contributed by atoms with van der Waals surface area (Å²) in [5.74, 6) is -2.04. The number of aliphatic hydroxyl groups excluding tert-OH is 1. The second-order valence-corrected chi connectivity index (χ2v) is 14.0. The number of cyclic esters (lactones) is 1. The summed E-state index contributed by atoms with van der Waals surface area (Å²) in [5, 5.41) is 46.6. The number of carbonyl (C=O) groups excluding carboxylic acids is 1. The Morgan fingerprint density at radius 1 is 0.921 bits per heavy atom. The van der Waals surface area contributed by atoms with Crippen molar-refractivity contribution < 1.29 is 44.2 Å². The molecule has 0 amide bonds. The molecule has 3 aliphatic heterocycles. The molecule has 0 aromatic rings. The van der Waals surface area contributed by atoms with Gasteiger partial charge in [0.05, 0.1) is 29.5 Å². The molecule has 0 spiro atoms. The van der Waals surface area contributed by atoms with Crippen LogP contribution >= 0.6 is 0 Å². The molecule has 7 rings (SSSR count). The van der Waals surface area contributed by atoms with Gasteiger partial charge in [-0.25, -0.2) is 4.79 Å². The van der Waals surface area contributed by atoms with Crippen molar-refractivity contribution in [1.82, 2.24) is 0 Å². The Morgan fingerprint density at radius 3 is 2.42 bits per heavy atom. The minimum Gasteiger partial charge on any atom is -0.458 e. The molecular formula is C29H42O9. The summed E-state index contributed by atoms with van der Waals surface area (Å²) in [4.78, 5) is 11.8. The molecule has 6 fully saturated rings. The van der Waals surface area contributed by atoms with Gasteiger partial charge in [-0.1, -0.05) is 13.8 Å². The Balaban J connectivity index is 1.18. The van der Waals surface area contributed by atoms with E-state index >= 15 is 0 Å². The highest BCUT2D eigenvalue weighted by Gasteiger charge is 2.72. The predicted octanol–water partition coefficient (Wildman–Crippen LogP) is 1.94. The first kappa shape index (κ1) is 25.9. The van der Waals surface area contributed by atoms with Gasteiger partial charge in [-0.2, -0.15) is 0 Å². The van der Waals surface area contributed by atoms with Gasteiger partial charge in [0.2, 0.25) is 12.1 Å². The van der Waals surface area contributed by atoms with Crippen LogP contribution in [0.5, 0.6) is 0 Å². The van der Waals surface area contributed by atoms with Gasteiger partial charge in [-0.05, 0) is 75.2 Å². The van der Waals surface area contributed by atoms with Crippen molar-refractivity contribution in [3.8, 4) is 0 Å². The molecule has 4 N–H and O–H groups in total. The quantitative estimate of drug-likeness (QED) is 0.294. The summed E-state index contributed by atoms with van der Waals surface area (Å²) < 4.78 is 23.5. The van der Waals surface area contributed by atoms with Crippen molar-refractivity contribution in [3.63, 3.8) is 0 Å². The molecule has 0 bridgehead atoms. The van der Waals surface area contributed by atoms with E-state index in [-0.39, 0.29) is 41.7 Å². The summed E-state index contributed by atoms with van der Waals surface area (Å²) in [5.41, 5.74) is -1.81. The minimum atomic E-state index is -1.94. The molecule has 0 aromatic heterocycles. The zero-order chi connectivity index (χ0) is 26.9. The highest BCUT2D eigenvalue weighted by atomic mass is 16.8. The second kappa shape index (κ2) is 8.02. The van der Waals surface area contributed by atoms with E-state index in [9.17, 15) is 25.2 Å². The number of hydrogen-bond donors (Lipinski definition) is 4. The van der Waals surface area contributed by atoms with Gasteiger partial charge in [0.25, 0.3) is 0 Å². The van der Waals surface area contributed by atoms with Gasteiger partial charge in [-0.3, -0.25) is 0 Å². The summed E-state index contributed by atoms with van der Waals surface area (Å²) >= 11 is 0. The number of fused-ring (bicyclic) bond motifs is 7. The zero-order valence-corrected chi connectivity index (χ0v) is 22.6. The van der Waals surface area contributed by atoms with Crippen LogP contribution in [0.4, 0.5) is 0 Å². The highest BCUT2D eigenvalue weighted by Crippen LogP contribution is 2.71. The van der Waals surface area contributed by atoms with Gasteiger partial charge in [-0.15, -0.1) is 0 Å². The molecule has 212 valence electrons. The number of hydrogen-bond acceptors (Lipinski definition) is 9. The predicted molar refractivity (Wildman–Crippen MR) is 132 cm³/mol. The molecule has 38 heavy (non-hydrogen) atoms. The van der Waals surface area contributed by atoms with E-state index in [2.05, 4.69) is 13.8 Å². The standard InChI is InChI=1S/C29H42O9/c1-15-10-22(30)29(34)24(36-15)37-20-13-27(32)8-5-19-18(26(27,3)12-21(20)38-29)4-7-25(2)17(6-9-28(19,25)33)16-11-23(31)35-14-16/h11,15,17-22,24,30,32-34H,4-10,12-14H2,1-3H3/t15-,17-,18+,19-,20-,21-,22+,24+,25-,26-,27-,28+,29+/m1/s1. The third-order valence-corrected chi connectivity index (χ3v) is 12.5. The van der Waals surface area contributed by atoms with E-state index in [1.165, 1.54) is 0 Å². The molecule has 4 saturated carbocycles. The lowest BCUT2D eigenvalue weighted by molar-refractivity contribution is -0.462. The van der Waals surface area contributed by atoms with Crippen LogP contribution in [-0.2, 0) is 23.7 Å². The van der Waals surface area contributed by atoms with Crippen molar-refractivity contribution >= 4 is 5.97 Å². The summed E-state index contributed by atoms with van der Waals surface area (Å²) in [6.07, 6.45) is 3.68. The smallest absolute Gasteiger partial charge is 0.331 e. The molecule has 9 heteroatoms. The third kappa shape index (κ3) is 3.15. The highest BCUT2D eigenvalue weighted by molar-refractivity contribution is 5.85. The number of aliphatic hydroxyl groups is 4. The van der Waals surface area contributed by atoms with Crippen molar-refractivity contribution in [2.75, 3.05) is 6.61 Å². The van der Waals surface area contributed by atoms with Crippen molar-refractivity contribution in [1.29, 1.82) is 0 Å². The van der Waals surface area contributed by atoms with Crippen molar-refractivity contribution in [3.05, 3.63) is 11.6 Å². The molecule has 0 unspecified atom stereocenters. The lowest BCUT2D eigenvalue weighted by Crippen LogP contribution is -2.73. The normalized spacial score (nSPS) is 59.6. The Hall–Kier alpha value is -1.07. The topological polar surface area (TPSA) is 135 Å². The lowest BCUT2D eigenvalue weighted by Gasteiger charge is -2.68. The maximum atomic E-state index is 12.5. The molecule has 9 nitrogen and oxygen atoms in total. The molecule has 0 radical (unpaired) electrons. The van der Waals surface area contributed by atoms with Crippen LogP contribution in [0.3, 0.4) is 0 Å². The molecule has 2 saturated heterocycles. The minimum absolute atomic E-state index is 0.0106.